The summed E-state index contributed by atoms with van der Waals surface area (Å²) in [4.78, 5) is 27.5. The third-order valence-corrected chi connectivity index (χ3v) is 6.09. The van der Waals surface area contributed by atoms with Gasteiger partial charge in [-0.2, -0.15) is 17.5 Å². The third-order valence-electron chi connectivity index (χ3n) is 4.78. The molecule has 0 radical (unpaired) electrons. The Balaban J connectivity index is 0.000000370. The molecule has 2 aliphatic heterocycles. The van der Waals surface area contributed by atoms with Crippen LogP contribution in [0.4, 0.5) is 13.2 Å². The molecule has 1 amide bonds. The van der Waals surface area contributed by atoms with Gasteiger partial charge in [0, 0.05) is 30.7 Å². The van der Waals surface area contributed by atoms with E-state index < -0.39 is 22.2 Å². The number of likely N-dealkylation sites (tertiary alicyclic amines) is 1. The summed E-state index contributed by atoms with van der Waals surface area (Å²) in [6.07, 6.45) is -2.11. The normalized spacial score (nSPS) is 22.7. The van der Waals surface area contributed by atoms with Crippen molar-refractivity contribution in [1.29, 1.82) is 0 Å². The average Bonchev–Trinajstić information content (AvgIpc) is 3.02. The lowest BCUT2D eigenvalue weighted by molar-refractivity contribution is -0.192. The van der Waals surface area contributed by atoms with Crippen LogP contribution in [-0.4, -0.2) is 70.7 Å². The number of piperidine rings is 1. The largest absolute Gasteiger partial charge is 0.490 e. The number of alkyl halides is 3. The smallest absolute Gasteiger partial charge is 0.475 e. The zero-order valence-corrected chi connectivity index (χ0v) is 16.7. The number of carbonyl (C=O) groups excluding carboxylic acids is 1. The van der Waals surface area contributed by atoms with E-state index in [1.165, 1.54) is 6.26 Å². The molecule has 0 spiro atoms. The number of halogens is 3. The van der Waals surface area contributed by atoms with Gasteiger partial charge in [-0.05, 0) is 31.9 Å². The molecule has 0 bridgehead atoms. The fraction of sp³-hybridized carbons (Fsp3) is 0.588. The Labute approximate surface area is 166 Å². The van der Waals surface area contributed by atoms with Crippen molar-refractivity contribution >= 4 is 21.9 Å². The number of rotatable bonds is 3. The number of carboxylic acid groups (broad SMARTS) is 1. The SMILES string of the molecule is Cc1cccc(CN2C(=O)CC[C@@H]3[C@H]2CCN3S(C)(=O)=O)n1.O=C(O)C(F)(F)F. The summed E-state index contributed by atoms with van der Waals surface area (Å²) in [5.74, 6) is -2.66. The second-order valence-corrected chi connectivity index (χ2v) is 8.87. The van der Waals surface area contributed by atoms with Crippen LogP contribution < -0.4 is 0 Å². The second-order valence-electron chi connectivity index (χ2n) is 6.93. The minimum Gasteiger partial charge on any atom is -0.475 e. The summed E-state index contributed by atoms with van der Waals surface area (Å²) in [5.41, 5.74) is 1.77. The Kier molecular flexibility index (Phi) is 6.89. The van der Waals surface area contributed by atoms with Crippen LogP contribution in [0.2, 0.25) is 0 Å². The lowest BCUT2D eigenvalue weighted by atomic mass is 9.96. The zero-order valence-electron chi connectivity index (χ0n) is 15.9. The molecule has 0 aliphatic carbocycles. The van der Waals surface area contributed by atoms with Gasteiger partial charge in [0.1, 0.15) is 0 Å². The molecule has 2 atom stereocenters. The Morgan fingerprint density at radius 3 is 2.41 bits per heavy atom. The number of sulfonamides is 1. The maximum Gasteiger partial charge on any atom is 0.490 e. The highest BCUT2D eigenvalue weighted by atomic mass is 32.2. The average molecular weight is 437 g/mol. The highest BCUT2D eigenvalue weighted by molar-refractivity contribution is 7.88. The van der Waals surface area contributed by atoms with Gasteiger partial charge < -0.3 is 10.0 Å². The summed E-state index contributed by atoms with van der Waals surface area (Å²) < 4.78 is 57.1. The highest BCUT2D eigenvalue weighted by Crippen LogP contribution is 2.33. The van der Waals surface area contributed by atoms with Crippen LogP contribution in [0, 0.1) is 6.92 Å². The van der Waals surface area contributed by atoms with E-state index in [0.29, 0.717) is 32.4 Å². The van der Waals surface area contributed by atoms with Crippen molar-refractivity contribution in [2.24, 2.45) is 0 Å². The number of carbonyl (C=O) groups is 2. The van der Waals surface area contributed by atoms with Crippen LogP contribution in [0.1, 0.15) is 30.7 Å². The molecule has 2 aliphatic rings. The molecule has 1 aromatic rings. The van der Waals surface area contributed by atoms with E-state index in [4.69, 9.17) is 9.90 Å². The summed E-state index contributed by atoms with van der Waals surface area (Å²) >= 11 is 0. The fourth-order valence-electron chi connectivity index (χ4n) is 3.59. The fourth-order valence-corrected chi connectivity index (χ4v) is 4.76. The van der Waals surface area contributed by atoms with E-state index in [2.05, 4.69) is 4.98 Å². The van der Waals surface area contributed by atoms with E-state index in [-0.39, 0.29) is 18.0 Å². The van der Waals surface area contributed by atoms with Crippen molar-refractivity contribution in [3.05, 3.63) is 29.6 Å². The first-order chi connectivity index (χ1) is 13.3. The molecule has 3 rings (SSSR count). The molecule has 3 heterocycles. The van der Waals surface area contributed by atoms with Gasteiger partial charge in [0.15, 0.2) is 0 Å². The minimum absolute atomic E-state index is 0.0294. The molecule has 0 saturated carbocycles. The number of nitrogens with zero attached hydrogens (tertiary/aromatic N) is 3. The molecular weight excluding hydrogens is 415 g/mol. The van der Waals surface area contributed by atoms with Gasteiger partial charge >= 0.3 is 12.1 Å². The zero-order chi connectivity index (χ0) is 22.0. The summed E-state index contributed by atoms with van der Waals surface area (Å²) in [5, 5.41) is 7.12. The summed E-state index contributed by atoms with van der Waals surface area (Å²) in [7, 11) is -3.21. The lowest BCUT2D eigenvalue weighted by Crippen LogP contribution is -2.52. The Hall–Kier alpha value is -2.21. The topological polar surface area (TPSA) is 108 Å². The maximum absolute atomic E-state index is 12.3. The van der Waals surface area contributed by atoms with Crippen LogP contribution in [-0.2, 0) is 26.2 Å². The van der Waals surface area contributed by atoms with Gasteiger partial charge in [-0.25, -0.2) is 13.2 Å². The molecule has 8 nitrogen and oxygen atoms in total. The number of hydrogen-bond donors (Lipinski definition) is 1. The van der Waals surface area contributed by atoms with Crippen LogP contribution in [0.3, 0.4) is 0 Å². The first-order valence-corrected chi connectivity index (χ1v) is 10.6. The number of carboxylic acids is 1. The molecule has 2 saturated heterocycles. The summed E-state index contributed by atoms with van der Waals surface area (Å²) in [6, 6.07) is 5.65. The van der Waals surface area contributed by atoms with Crippen molar-refractivity contribution < 1.29 is 36.3 Å². The third kappa shape index (κ3) is 5.89. The predicted octanol–water partition coefficient (Wildman–Crippen LogP) is 1.55. The van der Waals surface area contributed by atoms with Crippen LogP contribution in [0.5, 0.6) is 0 Å². The Morgan fingerprint density at radius 2 is 1.90 bits per heavy atom. The van der Waals surface area contributed by atoms with E-state index in [1.54, 1.807) is 4.31 Å². The molecular formula is C17H22F3N3O5S. The number of aromatic nitrogens is 1. The van der Waals surface area contributed by atoms with Gasteiger partial charge in [-0.1, -0.05) is 6.07 Å². The van der Waals surface area contributed by atoms with Gasteiger partial charge in [-0.3, -0.25) is 9.78 Å². The molecule has 1 aromatic heterocycles. The van der Waals surface area contributed by atoms with Crippen LogP contribution >= 0.6 is 0 Å². The van der Waals surface area contributed by atoms with Crippen molar-refractivity contribution in [3.63, 3.8) is 0 Å². The van der Waals surface area contributed by atoms with Gasteiger partial charge in [0.25, 0.3) is 0 Å². The molecule has 0 unspecified atom stereocenters. The molecule has 162 valence electrons. The second kappa shape index (κ2) is 8.66. The van der Waals surface area contributed by atoms with Crippen LogP contribution in [0.15, 0.2) is 18.2 Å². The molecule has 1 N–H and O–H groups in total. The lowest BCUT2D eigenvalue weighted by Gasteiger charge is -2.39. The Bertz CT molecular complexity index is 875. The highest BCUT2D eigenvalue weighted by Gasteiger charge is 2.46. The standard InChI is InChI=1S/C15H21N3O3S.C2HF3O2/c1-11-4-3-5-12(16-11)10-17-13-8-9-18(22(2,20)21)14(13)6-7-15(17)19;3-2(4,5)1(6)7/h3-5,13-14H,6-10H2,1-2H3;(H,6,7)/t13-,14-;/m1./s1. The number of fused-ring (bicyclic) bond motifs is 1. The Morgan fingerprint density at radius 1 is 1.28 bits per heavy atom. The number of aryl methyl sites for hydroxylation is 1. The van der Waals surface area contributed by atoms with Crippen molar-refractivity contribution in [2.45, 2.75) is 51.0 Å². The van der Waals surface area contributed by atoms with Gasteiger partial charge in [0.05, 0.1) is 18.5 Å². The predicted molar refractivity (Wildman–Crippen MR) is 96.2 cm³/mol. The minimum atomic E-state index is -5.08. The van der Waals surface area contributed by atoms with E-state index in [0.717, 1.165) is 11.4 Å². The first-order valence-electron chi connectivity index (χ1n) is 8.79. The first kappa shape index (κ1) is 23.1. The van der Waals surface area contributed by atoms with Crippen LogP contribution in [0.25, 0.3) is 0 Å². The molecule has 12 heteroatoms. The molecule has 0 aromatic carbocycles. The van der Waals surface area contributed by atoms with Crippen molar-refractivity contribution in [1.82, 2.24) is 14.2 Å². The van der Waals surface area contributed by atoms with Crippen molar-refractivity contribution in [3.8, 4) is 0 Å². The maximum atomic E-state index is 12.3. The van der Waals surface area contributed by atoms with Gasteiger partial charge in [0.2, 0.25) is 15.9 Å². The number of aliphatic carboxylic acids is 1. The number of amides is 1. The van der Waals surface area contributed by atoms with E-state index in [9.17, 15) is 26.4 Å². The number of pyridine rings is 1. The van der Waals surface area contributed by atoms with Gasteiger partial charge in [-0.15, -0.1) is 0 Å². The van der Waals surface area contributed by atoms with E-state index >= 15 is 0 Å². The summed E-state index contributed by atoms with van der Waals surface area (Å²) in [6.45, 7) is 2.88. The van der Waals surface area contributed by atoms with E-state index in [1.807, 2.05) is 30.0 Å². The quantitative estimate of drug-likeness (QED) is 0.769. The molecule has 29 heavy (non-hydrogen) atoms. The molecule has 2 fully saturated rings. The number of hydrogen-bond acceptors (Lipinski definition) is 5. The van der Waals surface area contributed by atoms with Crippen molar-refractivity contribution in [2.75, 3.05) is 12.8 Å². The monoisotopic (exact) mass is 437 g/mol.